The van der Waals surface area contributed by atoms with Gasteiger partial charge in [0.1, 0.15) is 11.6 Å². The van der Waals surface area contributed by atoms with Gasteiger partial charge in [0.25, 0.3) is 0 Å². The number of benzene rings is 2. The Bertz CT molecular complexity index is 546. The number of hydrogen-bond donors (Lipinski definition) is 2. The summed E-state index contributed by atoms with van der Waals surface area (Å²) in [6, 6.07) is 14.4. The normalized spacial score (nSPS) is 10.5. The molecule has 22 heavy (non-hydrogen) atoms. The number of rotatable bonds is 7. The zero-order chi connectivity index (χ0) is 15.1. The molecule has 0 aliphatic carbocycles. The molecular weight excluding hydrogens is 303 g/mol. The Morgan fingerprint density at radius 3 is 2.36 bits per heavy atom. The van der Waals surface area contributed by atoms with E-state index in [9.17, 15) is 9.50 Å². The topological polar surface area (TPSA) is 49.5 Å². The molecule has 0 unspecified atom stereocenters. The van der Waals surface area contributed by atoms with Crippen molar-refractivity contribution in [3.05, 3.63) is 65.5 Å². The van der Waals surface area contributed by atoms with E-state index in [0.29, 0.717) is 13.1 Å². The summed E-state index contributed by atoms with van der Waals surface area (Å²) in [4.78, 5) is 2.17. The van der Waals surface area contributed by atoms with Gasteiger partial charge in [0.2, 0.25) is 0 Å². The maximum atomic E-state index is 13.3. The molecule has 0 aliphatic rings. The van der Waals surface area contributed by atoms with Gasteiger partial charge in [-0.2, -0.15) is 0 Å². The van der Waals surface area contributed by atoms with E-state index in [0.717, 1.165) is 31.1 Å². The van der Waals surface area contributed by atoms with Crippen LogP contribution in [0.5, 0.6) is 5.75 Å². The number of halogens is 2. The zero-order valence-electron chi connectivity index (χ0n) is 12.4. The van der Waals surface area contributed by atoms with Crippen molar-refractivity contribution >= 4 is 12.4 Å². The fourth-order valence-corrected chi connectivity index (χ4v) is 2.37. The molecule has 0 saturated carbocycles. The monoisotopic (exact) mass is 324 g/mol. The molecule has 0 amide bonds. The zero-order valence-corrected chi connectivity index (χ0v) is 13.2. The lowest BCUT2D eigenvalue weighted by Gasteiger charge is -2.22. The molecule has 0 atom stereocenters. The first-order valence-electron chi connectivity index (χ1n) is 7.12. The Morgan fingerprint density at radius 1 is 1.00 bits per heavy atom. The number of hydrogen-bond acceptors (Lipinski definition) is 3. The van der Waals surface area contributed by atoms with Crippen LogP contribution in [0.15, 0.2) is 48.5 Å². The standard InChI is InChI=1S/C17H21FN2O.ClH/c18-16-10-15(11-17(21)12-16)13-20(9-7-19)8-6-14-4-2-1-3-5-14;/h1-5,10-12,21H,6-9,13,19H2;1H. The molecule has 120 valence electrons. The van der Waals surface area contributed by atoms with Gasteiger partial charge < -0.3 is 10.8 Å². The van der Waals surface area contributed by atoms with Crippen LogP contribution in [0.4, 0.5) is 4.39 Å². The Balaban J connectivity index is 0.00000242. The maximum Gasteiger partial charge on any atom is 0.127 e. The maximum absolute atomic E-state index is 13.3. The van der Waals surface area contributed by atoms with Gasteiger partial charge in [-0.3, -0.25) is 4.90 Å². The van der Waals surface area contributed by atoms with Gasteiger partial charge in [-0.05, 0) is 29.7 Å². The second-order valence-electron chi connectivity index (χ2n) is 5.12. The lowest BCUT2D eigenvalue weighted by Crippen LogP contribution is -2.31. The van der Waals surface area contributed by atoms with Crippen LogP contribution in [0, 0.1) is 5.82 Å². The summed E-state index contributed by atoms with van der Waals surface area (Å²) < 4.78 is 13.3. The van der Waals surface area contributed by atoms with Gasteiger partial charge in [0.15, 0.2) is 0 Å². The van der Waals surface area contributed by atoms with Gasteiger partial charge in [-0.25, -0.2) is 4.39 Å². The molecule has 0 aliphatic heterocycles. The molecule has 0 bridgehead atoms. The molecule has 2 aromatic rings. The molecule has 0 saturated heterocycles. The predicted octanol–water partition coefficient (Wildman–Crippen LogP) is 2.96. The van der Waals surface area contributed by atoms with E-state index in [2.05, 4.69) is 17.0 Å². The molecule has 0 heterocycles. The van der Waals surface area contributed by atoms with Crippen molar-refractivity contribution in [1.29, 1.82) is 0 Å². The SMILES string of the molecule is Cl.NCCN(CCc1ccccc1)Cc1cc(O)cc(F)c1. The van der Waals surface area contributed by atoms with E-state index < -0.39 is 5.82 Å². The molecule has 0 aromatic heterocycles. The van der Waals surface area contributed by atoms with E-state index in [1.165, 1.54) is 11.6 Å². The summed E-state index contributed by atoms with van der Waals surface area (Å²) >= 11 is 0. The van der Waals surface area contributed by atoms with Crippen LogP contribution < -0.4 is 5.73 Å². The highest BCUT2D eigenvalue weighted by Gasteiger charge is 2.08. The predicted molar refractivity (Wildman–Crippen MR) is 89.8 cm³/mol. The van der Waals surface area contributed by atoms with Crippen molar-refractivity contribution in [3.8, 4) is 5.75 Å². The summed E-state index contributed by atoms with van der Waals surface area (Å²) in [6.07, 6.45) is 0.919. The van der Waals surface area contributed by atoms with E-state index in [1.54, 1.807) is 6.07 Å². The number of aromatic hydroxyl groups is 1. The Labute approximate surface area is 137 Å². The fraction of sp³-hybridized carbons (Fsp3) is 0.294. The second-order valence-corrected chi connectivity index (χ2v) is 5.12. The molecular formula is C17H22ClFN2O. The van der Waals surface area contributed by atoms with Crippen molar-refractivity contribution in [2.24, 2.45) is 5.73 Å². The van der Waals surface area contributed by atoms with E-state index in [4.69, 9.17) is 5.73 Å². The third kappa shape index (κ3) is 6.02. The number of nitrogens with two attached hydrogens (primary N) is 1. The summed E-state index contributed by atoms with van der Waals surface area (Å²) in [5.74, 6) is -0.457. The van der Waals surface area contributed by atoms with Crippen molar-refractivity contribution < 1.29 is 9.50 Å². The first kappa shape index (κ1) is 18.4. The molecule has 3 N–H and O–H groups in total. The van der Waals surface area contributed by atoms with Gasteiger partial charge in [-0.15, -0.1) is 12.4 Å². The minimum absolute atomic E-state index is 0. The van der Waals surface area contributed by atoms with Crippen LogP contribution in [0.1, 0.15) is 11.1 Å². The highest BCUT2D eigenvalue weighted by molar-refractivity contribution is 5.85. The molecule has 0 radical (unpaired) electrons. The molecule has 5 heteroatoms. The van der Waals surface area contributed by atoms with Crippen LogP contribution in [0.3, 0.4) is 0 Å². The largest absolute Gasteiger partial charge is 0.508 e. The van der Waals surface area contributed by atoms with Crippen LogP contribution in [-0.2, 0) is 13.0 Å². The summed E-state index contributed by atoms with van der Waals surface area (Å²) in [7, 11) is 0. The fourth-order valence-electron chi connectivity index (χ4n) is 2.37. The molecule has 2 rings (SSSR count). The molecule has 0 spiro atoms. The van der Waals surface area contributed by atoms with Gasteiger partial charge in [0.05, 0.1) is 0 Å². The van der Waals surface area contributed by atoms with Crippen LogP contribution >= 0.6 is 12.4 Å². The molecule has 3 nitrogen and oxygen atoms in total. The highest BCUT2D eigenvalue weighted by Crippen LogP contribution is 2.16. The van der Waals surface area contributed by atoms with Gasteiger partial charge in [0, 0.05) is 32.2 Å². The average Bonchev–Trinajstić information content (AvgIpc) is 2.45. The number of phenolic OH excluding ortho intramolecular Hbond substituents is 1. The first-order chi connectivity index (χ1) is 10.2. The molecule has 2 aromatic carbocycles. The minimum atomic E-state index is -0.416. The van der Waals surface area contributed by atoms with Crippen molar-refractivity contribution in [2.45, 2.75) is 13.0 Å². The van der Waals surface area contributed by atoms with Crippen molar-refractivity contribution in [2.75, 3.05) is 19.6 Å². The third-order valence-corrected chi connectivity index (χ3v) is 3.35. The minimum Gasteiger partial charge on any atom is -0.508 e. The number of nitrogens with zero attached hydrogens (tertiary/aromatic N) is 1. The number of phenols is 1. The Kier molecular flexibility index (Phi) is 7.88. The highest BCUT2D eigenvalue weighted by atomic mass is 35.5. The van der Waals surface area contributed by atoms with E-state index in [-0.39, 0.29) is 18.2 Å². The summed E-state index contributed by atoms with van der Waals surface area (Å²) in [5, 5.41) is 9.46. The first-order valence-corrected chi connectivity index (χ1v) is 7.12. The Morgan fingerprint density at radius 2 is 1.73 bits per heavy atom. The van der Waals surface area contributed by atoms with Crippen LogP contribution in [0.25, 0.3) is 0 Å². The quantitative estimate of drug-likeness (QED) is 0.823. The van der Waals surface area contributed by atoms with E-state index >= 15 is 0 Å². The molecule has 0 fully saturated rings. The van der Waals surface area contributed by atoms with Gasteiger partial charge in [-0.1, -0.05) is 30.3 Å². The summed E-state index contributed by atoms with van der Waals surface area (Å²) in [6.45, 7) is 2.72. The lowest BCUT2D eigenvalue weighted by molar-refractivity contribution is 0.275. The summed E-state index contributed by atoms with van der Waals surface area (Å²) in [5.41, 5.74) is 7.67. The van der Waals surface area contributed by atoms with Crippen molar-refractivity contribution in [1.82, 2.24) is 4.90 Å². The van der Waals surface area contributed by atoms with Crippen LogP contribution in [-0.4, -0.2) is 29.6 Å². The smallest absolute Gasteiger partial charge is 0.127 e. The van der Waals surface area contributed by atoms with Crippen LogP contribution in [0.2, 0.25) is 0 Å². The lowest BCUT2D eigenvalue weighted by atomic mass is 10.1. The third-order valence-electron chi connectivity index (χ3n) is 3.35. The van der Waals surface area contributed by atoms with Crippen molar-refractivity contribution in [3.63, 3.8) is 0 Å². The Hall–Kier alpha value is -1.62. The average molecular weight is 325 g/mol. The van der Waals surface area contributed by atoms with Gasteiger partial charge >= 0.3 is 0 Å². The second kappa shape index (κ2) is 9.41. The van der Waals surface area contributed by atoms with E-state index in [1.807, 2.05) is 18.2 Å².